The monoisotopic (exact) mass is 287 g/mol. The SMILES string of the molecule is CCC(CC(C)C(N)=O)C(=O)NCCCCCCON. The molecule has 0 saturated carbocycles. The Balaban J connectivity index is 3.79. The van der Waals surface area contributed by atoms with Gasteiger partial charge in [0.2, 0.25) is 11.8 Å². The molecule has 0 aromatic rings. The van der Waals surface area contributed by atoms with Crippen molar-refractivity contribution >= 4 is 11.8 Å². The van der Waals surface area contributed by atoms with Crippen LogP contribution >= 0.6 is 0 Å². The van der Waals surface area contributed by atoms with Gasteiger partial charge in [0.1, 0.15) is 0 Å². The highest BCUT2D eigenvalue weighted by atomic mass is 16.6. The number of nitrogens with two attached hydrogens (primary N) is 2. The van der Waals surface area contributed by atoms with Gasteiger partial charge in [0, 0.05) is 18.4 Å². The summed E-state index contributed by atoms with van der Waals surface area (Å²) < 4.78 is 0. The lowest BCUT2D eigenvalue weighted by Gasteiger charge is -2.17. The summed E-state index contributed by atoms with van der Waals surface area (Å²) in [4.78, 5) is 27.5. The first kappa shape index (κ1) is 18.9. The average Bonchev–Trinajstić information content (AvgIpc) is 2.43. The average molecular weight is 287 g/mol. The third-order valence-corrected chi connectivity index (χ3v) is 3.48. The van der Waals surface area contributed by atoms with Gasteiger partial charge in [-0.1, -0.05) is 26.7 Å². The maximum atomic E-state index is 12.0. The summed E-state index contributed by atoms with van der Waals surface area (Å²) in [5, 5.41) is 2.92. The molecule has 2 unspecified atom stereocenters. The molecule has 20 heavy (non-hydrogen) atoms. The molecule has 2 atom stereocenters. The Kier molecular flexibility index (Phi) is 11.0. The van der Waals surface area contributed by atoms with Crippen LogP contribution < -0.4 is 16.9 Å². The van der Waals surface area contributed by atoms with Crippen molar-refractivity contribution in [3.8, 4) is 0 Å². The summed E-state index contributed by atoms with van der Waals surface area (Å²) in [6.07, 6.45) is 5.21. The maximum Gasteiger partial charge on any atom is 0.223 e. The van der Waals surface area contributed by atoms with Gasteiger partial charge in [0.25, 0.3) is 0 Å². The smallest absolute Gasteiger partial charge is 0.223 e. The number of carbonyl (C=O) groups excluding carboxylic acids is 2. The van der Waals surface area contributed by atoms with E-state index in [0.717, 1.165) is 32.1 Å². The zero-order valence-electron chi connectivity index (χ0n) is 12.7. The van der Waals surface area contributed by atoms with Gasteiger partial charge in [-0.25, -0.2) is 5.90 Å². The van der Waals surface area contributed by atoms with Gasteiger partial charge in [0.05, 0.1) is 6.61 Å². The zero-order chi connectivity index (χ0) is 15.4. The molecule has 6 nitrogen and oxygen atoms in total. The first-order valence-corrected chi connectivity index (χ1v) is 7.41. The van der Waals surface area contributed by atoms with Crippen LogP contribution in [-0.2, 0) is 14.4 Å². The van der Waals surface area contributed by atoms with Crippen LogP contribution in [0.25, 0.3) is 0 Å². The van der Waals surface area contributed by atoms with Crippen molar-refractivity contribution in [2.45, 2.75) is 52.4 Å². The zero-order valence-corrected chi connectivity index (χ0v) is 12.7. The van der Waals surface area contributed by atoms with Crippen LogP contribution in [0.2, 0.25) is 0 Å². The van der Waals surface area contributed by atoms with Crippen LogP contribution in [0.5, 0.6) is 0 Å². The molecular formula is C14H29N3O3. The Bertz CT molecular complexity index is 285. The Morgan fingerprint density at radius 2 is 1.85 bits per heavy atom. The van der Waals surface area contributed by atoms with Crippen LogP contribution in [0.3, 0.4) is 0 Å². The second-order valence-corrected chi connectivity index (χ2v) is 5.22. The van der Waals surface area contributed by atoms with Gasteiger partial charge < -0.3 is 15.9 Å². The van der Waals surface area contributed by atoms with E-state index in [-0.39, 0.29) is 23.7 Å². The molecule has 0 aliphatic heterocycles. The first-order valence-electron chi connectivity index (χ1n) is 7.41. The fourth-order valence-electron chi connectivity index (χ4n) is 2.02. The van der Waals surface area contributed by atoms with Crippen molar-refractivity contribution < 1.29 is 14.4 Å². The minimum atomic E-state index is -0.349. The van der Waals surface area contributed by atoms with Crippen molar-refractivity contribution in [1.82, 2.24) is 5.32 Å². The molecule has 0 rings (SSSR count). The molecular weight excluding hydrogens is 258 g/mol. The molecule has 0 aromatic carbocycles. The maximum absolute atomic E-state index is 12.0. The molecule has 6 heteroatoms. The van der Waals surface area contributed by atoms with E-state index in [1.54, 1.807) is 6.92 Å². The minimum absolute atomic E-state index is 0.0193. The van der Waals surface area contributed by atoms with E-state index in [1.807, 2.05) is 6.92 Å². The van der Waals surface area contributed by atoms with Crippen LogP contribution in [0, 0.1) is 11.8 Å². The Morgan fingerprint density at radius 1 is 1.20 bits per heavy atom. The Morgan fingerprint density at radius 3 is 2.40 bits per heavy atom. The summed E-state index contributed by atoms with van der Waals surface area (Å²) in [6.45, 7) is 4.96. The summed E-state index contributed by atoms with van der Waals surface area (Å²) in [5.74, 6) is 4.20. The third-order valence-electron chi connectivity index (χ3n) is 3.48. The van der Waals surface area contributed by atoms with E-state index in [9.17, 15) is 9.59 Å². The van der Waals surface area contributed by atoms with E-state index < -0.39 is 0 Å². The standard InChI is InChI=1S/C14H29N3O3/c1-3-12(10-11(2)13(15)18)14(19)17-8-6-4-5-7-9-20-16/h11-12H,3-10,16H2,1-2H3,(H2,15,18)(H,17,19). The largest absolute Gasteiger partial charge is 0.369 e. The lowest BCUT2D eigenvalue weighted by atomic mass is 9.92. The first-order chi connectivity index (χ1) is 9.52. The number of hydrogen-bond acceptors (Lipinski definition) is 4. The molecule has 0 aromatic heterocycles. The van der Waals surface area contributed by atoms with Crippen molar-refractivity contribution in [3.63, 3.8) is 0 Å². The molecule has 0 aliphatic rings. The molecule has 0 fully saturated rings. The Labute approximate surface area is 121 Å². The van der Waals surface area contributed by atoms with E-state index >= 15 is 0 Å². The molecule has 118 valence electrons. The summed E-state index contributed by atoms with van der Waals surface area (Å²) in [7, 11) is 0. The van der Waals surface area contributed by atoms with E-state index in [4.69, 9.17) is 11.6 Å². The summed E-state index contributed by atoms with van der Waals surface area (Å²) in [5.41, 5.74) is 5.23. The van der Waals surface area contributed by atoms with E-state index in [0.29, 0.717) is 19.6 Å². The van der Waals surface area contributed by atoms with E-state index in [1.165, 1.54) is 0 Å². The van der Waals surface area contributed by atoms with Gasteiger partial charge in [0.15, 0.2) is 0 Å². The molecule has 2 amide bonds. The van der Waals surface area contributed by atoms with Crippen LogP contribution in [0.4, 0.5) is 0 Å². The second-order valence-electron chi connectivity index (χ2n) is 5.22. The normalized spacial score (nSPS) is 13.8. The number of unbranched alkanes of at least 4 members (excludes halogenated alkanes) is 3. The van der Waals surface area contributed by atoms with E-state index in [2.05, 4.69) is 10.2 Å². The van der Waals surface area contributed by atoms with Crippen molar-refractivity contribution in [2.75, 3.05) is 13.2 Å². The van der Waals surface area contributed by atoms with Crippen molar-refractivity contribution in [2.24, 2.45) is 23.5 Å². The van der Waals surface area contributed by atoms with Gasteiger partial charge in [-0.05, 0) is 25.7 Å². The third kappa shape index (κ3) is 8.87. The summed E-state index contributed by atoms with van der Waals surface area (Å²) >= 11 is 0. The van der Waals surface area contributed by atoms with Crippen LogP contribution in [0.1, 0.15) is 52.4 Å². The molecule has 5 N–H and O–H groups in total. The van der Waals surface area contributed by atoms with Crippen LogP contribution in [-0.4, -0.2) is 25.0 Å². The Hall–Kier alpha value is -1.14. The van der Waals surface area contributed by atoms with Gasteiger partial charge >= 0.3 is 0 Å². The summed E-state index contributed by atoms with van der Waals surface area (Å²) in [6, 6.07) is 0. The molecule has 0 heterocycles. The topological polar surface area (TPSA) is 107 Å². The highest BCUT2D eigenvalue weighted by Crippen LogP contribution is 2.15. The van der Waals surface area contributed by atoms with Crippen LogP contribution in [0.15, 0.2) is 0 Å². The van der Waals surface area contributed by atoms with Gasteiger partial charge in [-0.2, -0.15) is 0 Å². The molecule has 0 saturated heterocycles. The lowest BCUT2D eigenvalue weighted by molar-refractivity contribution is -0.126. The van der Waals surface area contributed by atoms with Crippen molar-refractivity contribution in [1.29, 1.82) is 0 Å². The molecule has 0 aliphatic carbocycles. The van der Waals surface area contributed by atoms with Crippen molar-refractivity contribution in [3.05, 3.63) is 0 Å². The number of hydrogen-bond donors (Lipinski definition) is 3. The predicted molar refractivity (Wildman–Crippen MR) is 78.4 cm³/mol. The second kappa shape index (κ2) is 11.7. The number of carbonyl (C=O) groups is 2. The van der Waals surface area contributed by atoms with Gasteiger partial charge in [-0.15, -0.1) is 0 Å². The fourth-order valence-corrected chi connectivity index (χ4v) is 2.02. The number of primary amides is 1. The number of rotatable bonds is 12. The molecule has 0 radical (unpaired) electrons. The van der Waals surface area contributed by atoms with Gasteiger partial charge in [-0.3, -0.25) is 9.59 Å². The fraction of sp³-hybridized carbons (Fsp3) is 0.857. The molecule has 0 bridgehead atoms. The molecule has 0 spiro atoms. The minimum Gasteiger partial charge on any atom is -0.369 e. The highest BCUT2D eigenvalue weighted by molar-refractivity contribution is 5.80. The highest BCUT2D eigenvalue weighted by Gasteiger charge is 2.21. The number of nitrogens with one attached hydrogen (secondary N) is 1. The quantitative estimate of drug-likeness (QED) is 0.369. The predicted octanol–water partition coefficient (Wildman–Crippen LogP) is 1.09. The lowest BCUT2D eigenvalue weighted by Crippen LogP contribution is -2.34. The number of amides is 2.